The molecule has 0 amide bonds. The molecule has 0 fully saturated rings. The third kappa shape index (κ3) is 6.37. The summed E-state index contributed by atoms with van der Waals surface area (Å²) in [6, 6.07) is 0. The Labute approximate surface area is 57.0 Å². The van der Waals surface area contributed by atoms with Crippen LogP contribution in [0.3, 0.4) is 0 Å². The molecule has 8 heavy (non-hydrogen) atoms. The van der Waals surface area contributed by atoms with Crippen LogP contribution in [0.25, 0.3) is 0 Å². The Bertz CT molecular complexity index is 37.4. The number of rotatable bonds is 5. The first-order valence-corrected chi connectivity index (χ1v) is 4.21. The molecule has 3 heteroatoms. The molecular formula is C5H13BNS. The van der Waals surface area contributed by atoms with E-state index in [1.165, 1.54) is 12.6 Å². The van der Waals surface area contributed by atoms with Crippen LogP contribution in [0.2, 0.25) is 12.6 Å². The summed E-state index contributed by atoms with van der Waals surface area (Å²) in [5.41, 5.74) is 0. The Morgan fingerprint density at radius 3 is 2.88 bits per heavy atom. The zero-order valence-corrected chi connectivity index (χ0v) is 6.42. The summed E-state index contributed by atoms with van der Waals surface area (Å²) >= 11 is 1.68. The molecule has 0 saturated carbocycles. The summed E-state index contributed by atoms with van der Waals surface area (Å²) in [5, 5.41) is 0. The predicted molar refractivity (Wildman–Crippen MR) is 42.6 cm³/mol. The molecule has 0 rings (SSSR count). The summed E-state index contributed by atoms with van der Waals surface area (Å²) in [7, 11) is 2.28. The van der Waals surface area contributed by atoms with Crippen LogP contribution < -0.4 is 4.72 Å². The van der Waals surface area contributed by atoms with Crippen molar-refractivity contribution in [2.24, 2.45) is 0 Å². The van der Waals surface area contributed by atoms with Crippen molar-refractivity contribution in [3.05, 3.63) is 0 Å². The molecule has 1 radical (unpaired) electrons. The summed E-state index contributed by atoms with van der Waals surface area (Å²) in [4.78, 5) is 0. The Balaban J connectivity index is 2.53. The van der Waals surface area contributed by atoms with Crippen LogP contribution in [-0.2, 0) is 0 Å². The molecule has 1 nitrogen and oxygen atoms in total. The second kappa shape index (κ2) is 7.37. The lowest BCUT2D eigenvalue weighted by Crippen LogP contribution is -2.06. The molecule has 0 unspecified atom stereocenters. The molecule has 0 aliphatic rings. The molecule has 0 aromatic heterocycles. The van der Waals surface area contributed by atoms with E-state index in [4.69, 9.17) is 0 Å². The minimum absolute atomic E-state index is 1.11. The van der Waals surface area contributed by atoms with Gasteiger partial charge in [-0.2, -0.15) is 0 Å². The fourth-order valence-corrected chi connectivity index (χ4v) is 0.789. The Hall–Kier alpha value is 0.375. The third-order valence-electron chi connectivity index (χ3n) is 0.884. The van der Waals surface area contributed by atoms with E-state index in [1.807, 2.05) is 6.26 Å². The van der Waals surface area contributed by atoms with Crippen molar-refractivity contribution in [3.63, 3.8) is 0 Å². The van der Waals surface area contributed by atoms with Crippen LogP contribution in [0, 0.1) is 0 Å². The highest BCUT2D eigenvalue weighted by molar-refractivity contribution is 7.96. The molecule has 0 spiro atoms. The highest BCUT2D eigenvalue weighted by Gasteiger charge is 1.84. The van der Waals surface area contributed by atoms with Crippen molar-refractivity contribution in [1.29, 1.82) is 0 Å². The van der Waals surface area contributed by atoms with E-state index >= 15 is 0 Å². The van der Waals surface area contributed by atoms with Gasteiger partial charge in [0.05, 0.1) is 0 Å². The van der Waals surface area contributed by atoms with Crippen LogP contribution >= 0.6 is 11.9 Å². The largest absolute Gasteiger partial charge is 0.265 e. The lowest BCUT2D eigenvalue weighted by Gasteiger charge is -1.95. The van der Waals surface area contributed by atoms with Crippen LogP contribution in [-0.4, -0.2) is 20.1 Å². The van der Waals surface area contributed by atoms with Gasteiger partial charge in [0.25, 0.3) is 0 Å². The van der Waals surface area contributed by atoms with Crippen LogP contribution in [0.4, 0.5) is 0 Å². The van der Waals surface area contributed by atoms with Gasteiger partial charge in [0.2, 0.25) is 0 Å². The monoisotopic (exact) mass is 130 g/mol. The maximum absolute atomic E-state index is 3.17. The predicted octanol–water partition coefficient (Wildman–Crippen LogP) is 1.41. The Morgan fingerprint density at radius 2 is 2.38 bits per heavy atom. The van der Waals surface area contributed by atoms with Crippen molar-refractivity contribution in [2.75, 3.05) is 12.8 Å². The van der Waals surface area contributed by atoms with Gasteiger partial charge in [0.1, 0.15) is 7.28 Å². The smallest absolute Gasteiger partial charge is 0.110 e. The van der Waals surface area contributed by atoms with E-state index < -0.39 is 0 Å². The van der Waals surface area contributed by atoms with Crippen molar-refractivity contribution in [2.45, 2.75) is 19.6 Å². The second-order valence-corrected chi connectivity index (χ2v) is 2.28. The molecule has 0 heterocycles. The molecule has 47 valence electrons. The molecule has 0 atom stereocenters. The van der Waals surface area contributed by atoms with Crippen molar-refractivity contribution < 1.29 is 0 Å². The maximum atomic E-state index is 3.17. The highest BCUT2D eigenvalue weighted by atomic mass is 32.2. The highest BCUT2D eigenvalue weighted by Crippen LogP contribution is 1.85. The molecule has 0 aliphatic carbocycles. The van der Waals surface area contributed by atoms with Gasteiger partial charge in [-0.3, -0.25) is 4.72 Å². The normalized spacial score (nSPS) is 9.25. The number of nitrogens with one attached hydrogen (secondary N) is 1. The Morgan fingerprint density at radius 1 is 1.62 bits per heavy atom. The quantitative estimate of drug-likeness (QED) is 0.343. The summed E-state index contributed by atoms with van der Waals surface area (Å²) in [6.07, 6.45) is 4.43. The second-order valence-electron chi connectivity index (χ2n) is 1.58. The van der Waals surface area contributed by atoms with E-state index in [0.29, 0.717) is 0 Å². The van der Waals surface area contributed by atoms with E-state index in [9.17, 15) is 0 Å². The van der Waals surface area contributed by atoms with Gasteiger partial charge < -0.3 is 0 Å². The third-order valence-corrected chi connectivity index (χ3v) is 1.38. The molecule has 0 saturated heterocycles. The van der Waals surface area contributed by atoms with Gasteiger partial charge in [-0.1, -0.05) is 31.5 Å². The van der Waals surface area contributed by atoms with Crippen molar-refractivity contribution in [1.82, 2.24) is 4.72 Å². The summed E-state index contributed by atoms with van der Waals surface area (Å²) in [5.74, 6) is 0. The first-order chi connectivity index (χ1) is 3.91. The lowest BCUT2D eigenvalue weighted by atomic mass is 9.72. The zero-order chi connectivity index (χ0) is 6.24. The van der Waals surface area contributed by atoms with E-state index in [0.717, 1.165) is 6.54 Å². The molecule has 1 N–H and O–H groups in total. The number of hydrogen-bond acceptors (Lipinski definition) is 2. The fraction of sp³-hybridized carbons (Fsp3) is 1.00. The van der Waals surface area contributed by atoms with Crippen LogP contribution in [0.15, 0.2) is 0 Å². The van der Waals surface area contributed by atoms with Crippen LogP contribution in [0.1, 0.15) is 6.92 Å². The van der Waals surface area contributed by atoms with Crippen LogP contribution in [0.5, 0.6) is 0 Å². The lowest BCUT2D eigenvalue weighted by molar-refractivity contribution is 1.02. The van der Waals surface area contributed by atoms with Crippen molar-refractivity contribution >= 4 is 19.2 Å². The zero-order valence-electron chi connectivity index (χ0n) is 5.61. The van der Waals surface area contributed by atoms with Gasteiger partial charge in [-0.05, 0) is 12.8 Å². The van der Waals surface area contributed by atoms with E-state index in [1.54, 1.807) is 11.9 Å². The number of hydrogen-bond donors (Lipinski definition) is 1. The minimum atomic E-state index is 1.11. The van der Waals surface area contributed by atoms with Crippen molar-refractivity contribution in [3.8, 4) is 0 Å². The summed E-state index contributed by atoms with van der Waals surface area (Å²) < 4.78 is 3.17. The molecule has 0 aliphatic heterocycles. The van der Waals surface area contributed by atoms with E-state index in [-0.39, 0.29) is 0 Å². The molecule has 0 aromatic carbocycles. The van der Waals surface area contributed by atoms with E-state index in [2.05, 4.69) is 18.9 Å². The molecular weight excluding hydrogens is 117 g/mol. The maximum Gasteiger partial charge on any atom is 0.110 e. The minimum Gasteiger partial charge on any atom is -0.265 e. The SMILES string of the molecule is CC[B]CCNSC. The molecule has 0 bridgehead atoms. The Kier molecular flexibility index (Phi) is 7.72. The standard InChI is InChI=1S/C5H13BNS/c1-3-6-4-5-7-8-2/h7H,3-5H2,1-2H3. The summed E-state index contributed by atoms with van der Waals surface area (Å²) in [6.45, 7) is 3.27. The van der Waals surface area contributed by atoms with Gasteiger partial charge >= 0.3 is 0 Å². The van der Waals surface area contributed by atoms with Gasteiger partial charge in [-0.15, -0.1) is 0 Å². The average Bonchev–Trinajstić information content (AvgIpc) is 1.81. The van der Waals surface area contributed by atoms with Gasteiger partial charge in [-0.25, -0.2) is 0 Å². The van der Waals surface area contributed by atoms with Gasteiger partial charge in [0.15, 0.2) is 0 Å². The molecule has 0 aromatic rings. The average molecular weight is 130 g/mol. The topological polar surface area (TPSA) is 12.0 Å². The first-order valence-electron chi connectivity index (χ1n) is 2.99. The fourth-order valence-electron chi connectivity index (χ4n) is 0.467. The first kappa shape index (κ1) is 8.37. The van der Waals surface area contributed by atoms with Gasteiger partial charge in [0, 0.05) is 0 Å².